The Morgan fingerprint density at radius 2 is 1.62 bits per heavy atom. The number of hydrogen-bond donors (Lipinski definition) is 1. The van der Waals surface area contributed by atoms with Crippen LogP contribution in [0.5, 0.6) is 0 Å². The number of non-ortho nitro benzene ring substituents is 1. The van der Waals surface area contributed by atoms with E-state index in [0.29, 0.717) is 0 Å². The molecular formula is C21H17N3O2. The van der Waals surface area contributed by atoms with Gasteiger partial charge < -0.3 is 5.32 Å². The summed E-state index contributed by atoms with van der Waals surface area (Å²) in [6, 6.07) is 24.5. The van der Waals surface area contributed by atoms with Crippen molar-refractivity contribution < 1.29 is 4.92 Å². The number of nitrogens with zero attached hydrogens (tertiary/aromatic N) is 2. The minimum atomic E-state index is -0.575. The number of rotatable bonds is 3. The molecule has 1 aliphatic rings. The third kappa shape index (κ3) is 2.63. The molecule has 0 fully saturated rings. The molecule has 0 spiro atoms. The van der Waals surface area contributed by atoms with E-state index in [1.807, 2.05) is 60.7 Å². The number of nitrogens with one attached hydrogen (secondary N) is 1. The molecule has 3 aromatic rings. The lowest BCUT2D eigenvalue weighted by molar-refractivity contribution is -0.384. The maximum atomic E-state index is 11.2. The van der Waals surface area contributed by atoms with Crippen LogP contribution in [0.3, 0.4) is 0 Å². The second-order valence-electron chi connectivity index (χ2n) is 6.40. The number of nitro benzene ring substituents is 1. The standard InChI is InChI=1S/C21H17N3O2/c1-21(15-8-4-2-5-9-15)20(22-16-10-6-3-7-11-16)18-14-17(24(25)26)12-13-19(18)23-21/h2-14,23H,1H3. The van der Waals surface area contributed by atoms with Gasteiger partial charge in [0.1, 0.15) is 5.54 Å². The highest BCUT2D eigenvalue weighted by atomic mass is 16.6. The number of nitro groups is 1. The van der Waals surface area contributed by atoms with Crippen LogP contribution in [0.2, 0.25) is 0 Å². The third-order valence-corrected chi connectivity index (χ3v) is 4.68. The van der Waals surface area contributed by atoms with Crippen LogP contribution in [-0.2, 0) is 5.54 Å². The van der Waals surface area contributed by atoms with Gasteiger partial charge >= 0.3 is 0 Å². The van der Waals surface area contributed by atoms with E-state index >= 15 is 0 Å². The molecule has 0 aliphatic carbocycles. The average Bonchev–Trinajstić information content (AvgIpc) is 2.95. The quantitative estimate of drug-likeness (QED) is 0.534. The number of benzene rings is 3. The molecular weight excluding hydrogens is 326 g/mol. The fourth-order valence-corrected chi connectivity index (χ4v) is 3.33. The van der Waals surface area contributed by atoms with Gasteiger partial charge in [0.15, 0.2) is 0 Å². The van der Waals surface area contributed by atoms with E-state index in [0.717, 1.165) is 28.2 Å². The smallest absolute Gasteiger partial charge is 0.270 e. The molecule has 1 unspecified atom stereocenters. The molecule has 3 aromatic carbocycles. The van der Waals surface area contributed by atoms with Gasteiger partial charge in [0.2, 0.25) is 0 Å². The predicted octanol–water partition coefficient (Wildman–Crippen LogP) is 5.06. The highest BCUT2D eigenvalue weighted by molar-refractivity contribution is 6.17. The summed E-state index contributed by atoms with van der Waals surface area (Å²) < 4.78 is 0. The zero-order valence-electron chi connectivity index (χ0n) is 14.2. The van der Waals surface area contributed by atoms with E-state index in [-0.39, 0.29) is 10.6 Å². The fourth-order valence-electron chi connectivity index (χ4n) is 3.33. The third-order valence-electron chi connectivity index (χ3n) is 4.68. The number of para-hydroxylation sites is 1. The summed E-state index contributed by atoms with van der Waals surface area (Å²) in [7, 11) is 0. The van der Waals surface area contributed by atoms with Crippen molar-refractivity contribution in [1.82, 2.24) is 0 Å². The van der Waals surface area contributed by atoms with Crippen molar-refractivity contribution in [1.29, 1.82) is 0 Å². The molecule has 0 amide bonds. The Labute approximate surface area is 151 Å². The number of anilines is 1. The van der Waals surface area contributed by atoms with Crippen molar-refractivity contribution in [3.05, 3.63) is 100 Å². The number of aliphatic imine (C=N–C) groups is 1. The molecule has 5 heteroatoms. The van der Waals surface area contributed by atoms with Crippen LogP contribution < -0.4 is 5.32 Å². The minimum absolute atomic E-state index is 0.0589. The Morgan fingerprint density at radius 1 is 0.962 bits per heavy atom. The Morgan fingerprint density at radius 3 is 2.27 bits per heavy atom. The lowest BCUT2D eigenvalue weighted by Gasteiger charge is -2.27. The summed E-state index contributed by atoms with van der Waals surface area (Å²) in [5.74, 6) is 0. The van der Waals surface area contributed by atoms with Crippen molar-refractivity contribution in [2.24, 2.45) is 4.99 Å². The van der Waals surface area contributed by atoms with Gasteiger partial charge in [0, 0.05) is 23.4 Å². The molecule has 0 saturated carbocycles. The van der Waals surface area contributed by atoms with Crippen molar-refractivity contribution in [3.63, 3.8) is 0 Å². The molecule has 1 atom stereocenters. The molecule has 0 radical (unpaired) electrons. The van der Waals surface area contributed by atoms with Gasteiger partial charge in [0.05, 0.1) is 16.3 Å². The first-order valence-corrected chi connectivity index (χ1v) is 8.35. The van der Waals surface area contributed by atoms with Crippen LogP contribution in [0.25, 0.3) is 0 Å². The van der Waals surface area contributed by atoms with E-state index in [4.69, 9.17) is 4.99 Å². The lowest BCUT2D eigenvalue weighted by Crippen LogP contribution is -2.35. The Balaban J connectivity index is 1.94. The Bertz CT molecular complexity index is 1000. The molecule has 0 bridgehead atoms. The Hall–Kier alpha value is -3.47. The number of fused-ring (bicyclic) bond motifs is 1. The molecule has 1 N–H and O–H groups in total. The first-order valence-electron chi connectivity index (χ1n) is 8.35. The van der Waals surface area contributed by atoms with E-state index in [9.17, 15) is 10.1 Å². The predicted molar refractivity (Wildman–Crippen MR) is 103 cm³/mol. The van der Waals surface area contributed by atoms with Crippen molar-refractivity contribution in [2.75, 3.05) is 5.32 Å². The van der Waals surface area contributed by atoms with E-state index in [1.54, 1.807) is 12.1 Å². The zero-order valence-corrected chi connectivity index (χ0v) is 14.2. The maximum absolute atomic E-state index is 11.2. The van der Waals surface area contributed by atoms with Gasteiger partial charge in [-0.05, 0) is 30.7 Å². The summed E-state index contributed by atoms with van der Waals surface area (Å²) in [6.07, 6.45) is 0. The summed E-state index contributed by atoms with van der Waals surface area (Å²) in [5.41, 5.74) is 3.72. The normalized spacial score (nSPS) is 19.8. The summed E-state index contributed by atoms with van der Waals surface area (Å²) in [6.45, 7) is 2.05. The van der Waals surface area contributed by atoms with E-state index in [1.165, 1.54) is 6.07 Å². The maximum Gasteiger partial charge on any atom is 0.270 e. The molecule has 4 rings (SSSR count). The molecule has 5 nitrogen and oxygen atoms in total. The molecule has 1 heterocycles. The average molecular weight is 343 g/mol. The van der Waals surface area contributed by atoms with E-state index in [2.05, 4.69) is 12.2 Å². The van der Waals surface area contributed by atoms with Crippen LogP contribution >= 0.6 is 0 Å². The lowest BCUT2D eigenvalue weighted by atomic mass is 9.87. The summed E-state index contributed by atoms with van der Waals surface area (Å²) in [4.78, 5) is 15.7. The summed E-state index contributed by atoms with van der Waals surface area (Å²) in [5, 5.41) is 14.8. The van der Waals surface area contributed by atoms with Crippen molar-refractivity contribution >= 4 is 22.8 Å². The van der Waals surface area contributed by atoms with Gasteiger partial charge in [0.25, 0.3) is 5.69 Å². The molecule has 26 heavy (non-hydrogen) atoms. The van der Waals surface area contributed by atoms with Crippen LogP contribution in [0.15, 0.2) is 83.9 Å². The second kappa shape index (κ2) is 6.11. The van der Waals surface area contributed by atoms with Gasteiger partial charge in [-0.3, -0.25) is 10.1 Å². The summed E-state index contributed by atoms with van der Waals surface area (Å²) >= 11 is 0. The minimum Gasteiger partial charge on any atom is -0.370 e. The first-order chi connectivity index (χ1) is 12.6. The fraction of sp³-hybridized carbons (Fsp3) is 0.0952. The van der Waals surface area contributed by atoms with E-state index < -0.39 is 5.54 Å². The Kier molecular flexibility index (Phi) is 3.77. The van der Waals surface area contributed by atoms with Gasteiger partial charge in [-0.25, -0.2) is 4.99 Å². The topological polar surface area (TPSA) is 67.5 Å². The van der Waals surface area contributed by atoms with Gasteiger partial charge in [-0.2, -0.15) is 0 Å². The van der Waals surface area contributed by atoms with Crippen LogP contribution in [0, 0.1) is 10.1 Å². The molecule has 0 saturated heterocycles. The number of hydrogen-bond acceptors (Lipinski definition) is 4. The first kappa shape index (κ1) is 16.0. The highest BCUT2D eigenvalue weighted by Crippen LogP contribution is 2.41. The monoisotopic (exact) mass is 343 g/mol. The van der Waals surface area contributed by atoms with Crippen molar-refractivity contribution in [3.8, 4) is 0 Å². The highest BCUT2D eigenvalue weighted by Gasteiger charge is 2.41. The van der Waals surface area contributed by atoms with Crippen LogP contribution in [0.4, 0.5) is 17.1 Å². The van der Waals surface area contributed by atoms with Gasteiger partial charge in [-0.15, -0.1) is 0 Å². The second-order valence-corrected chi connectivity index (χ2v) is 6.40. The SMILES string of the molecule is CC1(c2ccccc2)Nc2ccc([N+](=O)[O-])cc2C1=Nc1ccccc1. The zero-order chi connectivity index (χ0) is 18.1. The van der Waals surface area contributed by atoms with Crippen LogP contribution in [0.1, 0.15) is 18.1 Å². The van der Waals surface area contributed by atoms with Crippen molar-refractivity contribution in [2.45, 2.75) is 12.5 Å². The largest absolute Gasteiger partial charge is 0.370 e. The molecule has 128 valence electrons. The molecule has 1 aliphatic heterocycles. The van der Waals surface area contributed by atoms with Crippen LogP contribution in [-0.4, -0.2) is 10.6 Å². The van der Waals surface area contributed by atoms with Gasteiger partial charge in [-0.1, -0.05) is 48.5 Å². The molecule has 0 aromatic heterocycles.